The van der Waals surface area contributed by atoms with Gasteiger partial charge in [0.25, 0.3) is 0 Å². The van der Waals surface area contributed by atoms with Gasteiger partial charge in [0.2, 0.25) is 0 Å². The van der Waals surface area contributed by atoms with Crippen molar-refractivity contribution in [3.05, 3.63) is 29.8 Å². The van der Waals surface area contributed by atoms with Crippen molar-refractivity contribution in [2.45, 2.75) is 45.6 Å². The monoisotopic (exact) mass is 246 g/mol. The Morgan fingerprint density at radius 1 is 1.28 bits per heavy atom. The van der Waals surface area contributed by atoms with Crippen LogP contribution in [0.3, 0.4) is 0 Å². The molecule has 2 rings (SSSR count). The molecule has 1 aliphatic rings. The number of rotatable bonds is 4. The van der Waals surface area contributed by atoms with Crippen LogP contribution >= 0.6 is 0 Å². The fraction of sp³-hybridized carbons (Fsp3) is 0.625. The standard InChI is InChI=1S/C16H26N2/c1-4-5-15-12-18(11-10-17-15)16-8-6-14(7-9-16)13(2)3/h6-9,13,15,17H,4-5,10-12H2,1-3H3. The molecule has 1 N–H and O–H groups in total. The zero-order valence-electron chi connectivity index (χ0n) is 11.9. The van der Waals surface area contributed by atoms with Crippen molar-refractivity contribution >= 4 is 5.69 Å². The van der Waals surface area contributed by atoms with Crippen molar-refractivity contribution in [3.63, 3.8) is 0 Å². The zero-order chi connectivity index (χ0) is 13.0. The Morgan fingerprint density at radius 3 is 2.61 bits per heavy atom. The van der Waals surface area contributed by atoms with Crippen molar-refractivity contribution in [1.82, 2.24) is 5.32 Å². The van der Waals surface area contributed by atoms with E-state index >= 15 is 0 Å². The van der Waals surface area contributed by atoms with E-state index in [4.69, 9.17) is 0 Å². The van der Waals surface area contributed by atoms with Gasteiger partial charge < -0.3 is 10.2 Å². The SMILES string of the molecule is CCCC1CN(c2ccc(C(C)C)cc2)CCN1. The molecular weight excluding hydrogens is 220 g/mol. The molecule has 0 bridgehead atoms. The normalized spacial score (nSPS) is 20.4. The van der Waals surface area contributed by atoms with Crippen molar-refractivity contribution in [2.75, 3.05) is 24.5 Å². The Bertz CT molecular complexity index is 354. The van der Waals surface area contributed by atoms with Crippen LogP contribution in [0.5, 0.6) is 0 Å². The highest BCUT2D eigenvalue weighted by Crippen LogP contribution is 2.21. The number of benzene rings is 1. The maximum absolute atomic E-state index is 3.61. The van der Waals surface area contributed by atoms with Crippen LogP contribution in [0.2, 0.25) is 0 Å². The Labute approximate surface area is 111 Å². The van der Waals surface area contributed by atoms with Gasteiger partial charge in [-0.3, -0.25) is 0 Å². The Hall–Kier alpha value is -1.02. The van der Waals surface area contributed by atoms with Crippen LogP contribution in [0.15, 0.2) is 24.3 Å². The summed E-state index contributed by atoms with van der Waals surface area (Å²) in [6, 6.07) is 9.77. The summed E-state index contributed by atoms with van der Waals surface area (Å²) in [5.41, 5.74) is 2.81. The minimum atomic E-state index is 0.620. The molecule has 1 aliphatic heterocycles. The predicted octanol–water partition coefficient (Wildman–Crippen LogP) is 3.39. The first-order valence-corrected chi connectivity index (χ1v) is 7.29. The maximum Gasteiger partial charge on any atom is 0.0367 e. The second-order valence-electron chi connectivity index (χ2n) is 5.63. The molecular formula is C16H26N2. The molecule has 0 saturated carbocycles. The van der Waals surface area contributed by atoms with Crippen LogP contribution < -0.4 is 10.2 Å². The van der Waals surface area contributed by atoms with E-state index in [0.29, 0.717) is 12.0 Å². The van der Waals surface area contributed by atoms with Crippen molar-refractivity contribution < 1.29 is 0 Å². The lowest BCUT2D eigenvalue weighted by Gasteiger charge is -2.35. The first-order chi connectivity index (χ1) is 8.70. The largest absolute Gasteiger partial charge is 0.369 e. The molecule has 1 aromatic rings. The average molecular weight is 246 g/mol. The zero-order valence-corrected chi connectivity index (χ0v) is 11.9. The highest BCUT2D eigenvalue weighted by atomic mass is 15.2. The predicted molar refractivity (Wildman–Crippen MR) is 79.4 cm³/mol. The third-order valence-corrected chi connectivity index (χ3v) is 3.82. The maximum atomic E-state index is 3.61. The van der Waals surface area contributed by atoms with Gasteiger partial charge in [0.15, 0.2) is 0 Å². The molecule has 0 radical (unpaired) electrons. The molecule has 1 aromatic carbocycles. The lowest BCUT2D eigenvalue weighted by atomic mass is 10.0. The third kappa shape index (κ3) is 3.26. The number of nitrogens with zero attached hydrogens (tertiary/aromatic N) is 1. The smallest absolute Gasteiger partial charge is 0.0367 e. The molecule has 1 fully saturated rings. The Balaban J connectivity index is 2.02. The summed E-state index contributed by atoms with van der Waals surface area (Å²) in [4.78, 5) is 2.51. The Morgan fingerprint density at radius 2 is 2.00 bits per heavy atom. The van der Waals surface area contributed by atoms with Crippen molar-refractivity contribution in [2.24, 2.45) is 0 Å². The van der Waals surface area contributed by atoms with E-state index in [-0.39, 0.29) is 0 Å². The summed E-state index contributed by atoms with van der Waals surface area (Å²) < 4.78 is 0. The lowest BCUT2D eigenvalue weighted by molar-refractivity contribution is 0.431. The summed E-state index contributed by atoms with van der Waals surface area (Å²) in [6.07, 6.45) is 2.54. The summed E-state index contributed by atoms with van der Waals surface area (Å²) >= 11 is 0. The van der Waals surface area contributed by atoms with Gasteiger partial charge in [0, 0.05) is 31.4 Å². The summed E-state index contributed by atoms with van der Waals surface area (Å²) in [7, 11) is 0. The van der Waals surface area contributed by atoms with Crippen molar-refractivity contribution in [1.29, 1.82) is 0 Å². The fourth-order valence-corrected chi connectivity index (χ4v) is 2.67. The molecule has 0 aromatic heterocycles. The molecule has 1 atom stereocenters. The highest BCUT2D eigenvalue weighted by molar-refractivity contribution is 5.48. The van der Waals surface area contributed by atoms with E-state index in [2.05, 4.69) is 55.3 Å². The van der Waals surface area contributed by atoms with Crippen molar-refractivity contribution in [3.8, 4) is 0 Å². The molecule has 1 heterocycles. The van der Waals surface area contributed by atoms with E-state index in [1.165, 1.54) is 24.1 Å². The molecule has 0 aliphatic carbocycles. The van der Waals surface area contributed by atoms with Gasteiger partial charge in [-0.2, -0.15) is 0 Å². The quantitative estimate of drug-likeness (QED) is 0.876. The first-order valence-electron chi connectivity index (χ1n) is 7.29. The minimum absolute atomic E-state index is 0.620. The number of nitrogens with one attached hydrogen (secondary N) is 1. The van der Waals surface area contributed by atoms with E-state index in [9.17, 15) is 0 Å². The van der Waals surface area contributed by atoms with Gasteiger partial charge in [-0.15, -0.1) is 0 Å². The van der Waals surface area contributed by atoms with E-state index in [0.717, 1.165) is 19.6 Å². The molecule has 1 saturated heterocycles. The molecule has 100 valence electrons. The first kappa shape index (κ1) is 13.4. The van der Waals surface area contributed by atoms with Gasteiger partial charge in [-0.1, -0.05) is 39.3 Å². The highest BCUT2D eigenvalue weighted by Gasteiger charge is 2.18. The second kappa shape index (κ2) is 6.24. The van der Waals surface area contributed by atoms with Gasteiger partial charge >= 0.3 is 0 Å². The van der Waals surface area contributed by atoms with Crippen LogP contribution in [-0.4, -0.2) is 25.7 Å². The van der Waals surface area contributed by atoms with Crippen LogP contribution in [-0.2, 0) is 0 Å². The van der Waals surface area contributed by atoms with Gasteiger partial charge in [-0.05, 0) is 30.0 Å². The molecule has 1 unspecified atom stereocenters. The average Bonchev–Trinajstić information content (AvgIpc) is 2.39. The molecule has 2 nitrogen and oxygen atoms in total. The van der Waals surface area contributed by atoms with E-state index in [1.807, 2.05) is 0 Å². The number of hydrogen-bond donors (Lipinski definition) is 1. The number of anilines is 1. The van der Waals surface area contributed by atoms with Gasteiger partial charge in [-0.25, -0.2) is 0 Å². The third-order valence-electron chi connectivity index (χ3n) is 3.82. The topological polar surface area (TPSA) is 15.3 Å². The lowest BCUT2D eigenvalue weighted by Crippen LogP contribution is -2.50. The van der Waals surface area contributed by atoms with Crippen LogP contribution in [0, 0.1) is 0 Å². The van der Waals surface area contributed by atoms with Crippen LogP contribution in [0.25, 0.3) is 0 Å². The second-order valence-corrected chi connectivity index (χ2v) is 5.63. The molecule has 2 heteroatoms. The van der Waals surface area contributed by atoms with E-state index < -0.39 is 0 Å². The molecule has 18 heavy (non-hydrogen) atoms. The van der Waals surface area contributed by atoms with E-state index in [1.54, 1.807) is 0 Å². The minimum Gasteiger partial charge on any atom is -0.369 e. The Kier molecular flexibility index (Phi) is 4.65. The number of piperazine rings is 1. The summed E-state index contributed by atoms with van der Waals surface area (Å²) in [5, 5.41) is 3.61. The molecule has 0 amide bonds. The fourth-order valence-electron chi connectivity index (χ4n) is 2.67. The van der Waals surface area contributed by atoms with Gasteiger partial charge in [0.05, 0.1) is 0 Å². The number of hydrogen-bond acceptors (Lipinski definition) is 2. The van der Waals surface area contributed by atoms with Crippen LogP contribution in [0.1, 0.15) is 45.1 Å². The molecule has 0 spiro atoms. The van der Waals surface area contributed by atoms with Crippen LogP contribution in [0.4, 0.5) is 5.69 Å². The van der Waals surface area contributed by atoms with Gasteiger partial charge in [0.1, 0.15) is 0 Å². The summed E-state index contributed by atoms with van der Waals surface area (Å²) in [6.45, 7) is 10.1. The summed E-state index contributed by atoms with van der Waals surface area (Å²) in [5.74, 6) is 0.620.